The molecule has 95 heavy (non-hydrogen) atoms. The van der Waals surface area contributed by atoms with E-state index < -0.39 is 7.82 Å². The Morgan fingerprint density at radius 3 is 0.453 bits per heavy atom. The molecule has 0 aliphatic carbocycles. The summed E-state index contributed by atoms with van der Waals surface area (Å²) in [7, 11) is -5.42. The second kappa shape index (κ2) is 28.5. The number of aryl methyl sites for hydroxylation is 9. The van der Waals surface area contributed by atoms with Crippen molar-refractivity contribution in [2.75, 3.05) is 0 Å². The van der Waals surface area contributed by atoms with Gasteiger partial charge in [-0.25, -0.2) is 0 Å². The molecule has 12 aromatic rings. The van der Waals surface area contributed by atoms with E-state index in [9.17, 15) is 0 Å². The van der Waals surface area contributed by atoms with Gasteiger partial charge in [0, 0.05) is 0 Å². The average molecular weight is 1280 g/mol. The molecule has 0 heterocycles. The normalized spacial score (nSPS) is 11.0. The van der Waals surface area contributed by atoms with Crippen molar-refractivity contribution in [1.29, 1.82) is 0 Å². The standard InChI is InChI=1S/C81H69O13P/c1-52-10-28-61(29-11-52)83-70-46-49-73(79(89-67-40-22-58(7)23-41-67)76(70)86-64-34-16-55(4)17-35-64)92-95(82,93-74-50-47-71(84-62-30-12-53(2)13-31-62)77(87-65-36-18-56(5)19-37-65)80(74)90-68-42-24-59(8)25-43-68)94-75-51-48-72(85-63-32-14-54(3)15-33-63)78(88-66-38-20-57(6)21-39-66)81(75)91-69-44-26-60(9)27-45-69/h10-51H,1-9H3. The predicted molar refractivity (Wildman–Crippen MR) is 370 cm³/mol. The van der Waals surface area contributed by atoms with E-state index in [1.807, 2.05) is 244 Å². The molecule has 0 spiro atoms. The van der Waals surface area contributed by atoms with Crippen molar-refractivity contribution >= 4 is 7.82 Å². The zero-order valence-corrected chi connectivity index (χ0v) is 54.9. The number of hydrogen-bond acceptors (Lipinski definition) is 13. The molecule has 0 fully saturated rings. The highest BCUT2D eigenvalue weighted by Crippen LogP contribution is 2.62. The molecule has 0 bridgehead atoms. The highest BCUT2D eigenvalue weighted by atomic mass is 31.2. The van der Waals surface area contributed by atoms with E-state index in [4.69, 9.17) is 56.2 Å². The quantitative estimate of drug-likeness (QED) is 0.0533. The molecule has 0 aliphatic rings. The molecule has 0 aliphatic heterocycles. The van der Waals surface area contributed by atoms with E-state index in [-0.39, 0.29) is 69.0 Å². The lowest BCUT2D eigenvalue weighted by molar-refractivity contribution is 0.278. The van der Waals surface area contributed by atoms with Crippen LogP contribution in [0.25, 0.3) is 0 Å². The Hall–Kier alpha value is -11.5. The molecule has 12 aromatic carbocycles. The lowest BCUT2D eigenvalue weighted by Crippen LogP contribution is -2.10. The summed E-state index contributed by atoms with van der Waals surface area (Å²) in [6.45, 7) is 17.8. The van der Waals surface area contributed by atoms with Gasteiger partial charge in [-0.05, 0) is 208 Å². The third-order valence-corrected chi connectivity index (χ3v) is 16.2. The monoisotopic (exact) mass is 1280 g/mol. The summed E-state index contributed by atoms with van der Waals surface area (Å²) >= 11 is 0. The van der Waals surface area contributed by atoms with E-state index in [0.717, 1.165) is 50.1 Å². The first-order valence-corrected chi connectivity index (χ1v) is 32.4. The minimum Gasteiger partial charge on any atom is -0.453 e. The van der Waals surface area contributed by atoms with Crippen LogP contribution >= 0.6 is 7.82 Å². The lowest BCUT2D eigenvalue weighted by Gasteiger charge is -2.26. The fourth-order valence-electron chi connectivity index (χ4n) is 9.58. The second-order valence-electron chi connectivity index (χ2n) is 23.1. The van der Waals surface area contributed by atoms with E-state index in [1.54, 1.807) is 54.6 Å². The molecule has 0 atom stereocenters. The Labute approximate surface area is 553 Å². The first-order valence-electron chi connectivity index (χ1n) is 30.9. The lowest BCUT2D eigenvalue weighted by atomic mass is 10.2. The topological polar surface area (TPSA) is 128 Å². The Bertz CT molecular complexity index is 4180. The molecule has 14 heteroatoms. The molecule has 0 radical (unpaired) electrons. The van der Waals surface area contributed by atoms with Crippen molar-refractivity contribution < 1.29 is 60.8 Å². The van der Waals surface area contributed by atoms with Crippen molar-refractivity contribution in [3.05, 3.63) is 305 Å². The number of benzene rings is 12. The van der Waals surface area contributed by atoms with Crippen molar-refractivity contribution in [3.63, 3.8) is 0 Å². The van der Waals surface area contributed by atoms with Gasteiger partial charge in [-0.2, -0.15) is 4.57 Å². The number of rotatable bonds is 24. The zero-order chi connectivity index (χ0) is 66.0. The van der Waals surface area contributed by atoms with Crippen LogP contribution in [0, 0.1) is 62.3 Å². The average Bonchev–Trinajstić information content (AvgIpc) is 0.785. The second-order valence-corrected chi connectivity index (χ2v) is 24.6. The maximum absolute atomic E-state index is 17.4. The van der Waals surface area contributed by atoms with Gasteiger partial charge >= 0.3 is 7.82 Å². The Morgan fingerprint density at radius 1 is 0.168 bits per heavy atom. The van der Waals surface area contributed by atoms with Crippen LogP contribution in [0.3, 0.4) is 0 Å². The van der Waals surface area contributed by atoms with Gasteiger partial charge in [0.15, 0.2) is 34.5 Å². The molecular weight excluding hydrogens is 1210 g/mol. The van der Waals surface area contributed by atoms with Crippen LogP contribution in [0.2, 0.25) is 0 Å². The van der Waals surface area contributed by atoms with Gasteiger partial charge in [0.2, 0.25) is 34.5 Å². The maximum atomic E-state index is 17.4. The van der Waals surface area contributed by atoms with Gasteiger partial charge in [-0.3, -0.25) is 0 Å². The van der Waals surface area contributed by atoms with E-state index in [0.29, 0.717) is 51.7 Å². The fourth-order valence-corrected chi connectivity index (χ4v) is 10.8. The smallest absolute Gasteiger partial charge is 0.453 e. The van der Waals surface area contributed by atoms with Crippen LogP contribution < -0.4 is 56.2 Å². The maximum Gasteiger partial charge on any atom is 0.647 e. The zero-order valence-electron chi connectivity index (χ0n) is 54.0. The van der Waals surface area contributed by atoms with Crippen molar-refractivity contribution in [3.8, 4) is 121 Å². The van der Waals surface area contributed by atoms with Crippen LogP contribution in [-0.4, -0.2) is 0 Å². The highest BCUT2D eigenvalue weighted by molar-refractivity contribution is 7.49. The summed E-state index contributed by atoms with van der Waals surface area (Å²) in [6, 6.07) is 76.8. The third kappa shape index (κ3) is 16.4. The number of phosphoric ester groups is 1. The van der Waals surface area contributed by atoms with Gasteiger partial charge in [0.05, 0.1) is 0 Å². The van der Waals surface area contributed by atoms with E-state index in [2.05, 4.69) is 0 Å². The van der Waals surface area contributed by atoms with Crippen LogP contribution in [-0.2, 0) is 4.57 Å². The molecule has 0 saturated heterocycles. The van der Waals surface area contributed by atoms with Gasteiger partial charge in [-0.15, -0.1) is 0 Å². The summed E-state index contributed by atoms with van der Waals surface area (Å²) in [5.41, 5.74) is 9.00. The van der Waals surface area contributed by atoms with Crippen molar-refractivity contribution in [1.82, 2.24) is 0 Å². The van der Waals surface area contributed by atoms with Gasteiger partial charge in [-0.1, -0.05) is 159 Å². The first kappa shape index (κ1) is 63.6. The molecule has 0 saturated carbocycles. The Morgan fingerprint density at radius 2 is 0.295 bits per heavy atom. The molecule has 0 aromatic heterocycles. The molecule has 0 unspecified atom stereocenters. The Kier molecular flexibility index (Phi) is 19.1. The van der Waals surface area contributed by atoms with Crippen molar-refractivity contribution in [2.45, 2.75) is 62.3 Å². The minimum absolute atomic E-state index is 0.0450. The van der Waals surface area contributed by atoms with Crippen LogP contribution in [0.15, 0.2) is 255 Å². The van der Waals surface area contributed by atoms with Crippen LogP contribution in [0.1, 0.15) is 50.1 Å². The van der Waals surface area contributed by atoms with Crippen LogP contribution in [0.4, 0.5) is 0 Å². The fraction of sp³-hybridized carbons (Fsp3) is 0.111. The summed E-state index contributed by atoms with van der Waals surface area (Å²) in [5, 5.41) is 0. The summed E-state index contributed by atoms with van der Waals surface area (Å²) < 4.78 is 99.8. The van der Waals surface area contributed by atoms with Crippen molar-refractivity contribution in [2.24, 2.45) is 0 Å². The van der Waals surface area contributed by atoms with E-state index >= 15 is 4.57 Å². The SMILES string of the molecule is Cc1ccc(Oc2ccc(OP(=O)(Oc3ccc(Oc4ccc(C)cc4)c(Oc4ccc(C)cc4)c3Oc3ccc(C)cc3)Oc3ccc(Oc4ccc(C)cc4)c(Oc4ccc(C)cc4)c3Oc3ccc(C)cc3)c(Oc3ccc(C)cc3)c2Oc2ccc(C)cc2)cc1. The number of phosphoric acid groups is 1. The van der Waals surface area contributed by atoms with Gasteiger partial charge in [0.25, 0.3) is 0 Å². The van der Waals surface area contributed by atoms with Crippen LogP contribution in [0.5, 0.6) is 121 Å². The number of hydrogen-bond donors (Lipinski definition) is 0. The summed E-state index contributed by atoms with van der Waals surface area (Å²) in [4.78, 5) is 0. The largest absolute Gasteiger partial charge is 0.647 e. The molecule has 0 amide bonds. The minimum atomic E-state index is -5.42. The third-order valence-electron chi connectivity index (χ3n) is 14.9. The molecule has 0 N–H and O–H groups in total. The molecule has 13 nitrogen and oxygen atoms in total. The van der Waals surface area contributed by atoms with Gasteiger partial charge in [0.1, 0.15) is 51.7 Å². The highest BCUT2D eigenvalue weighted by Gasteiger charge is 2.41. The molecule has 12 rings (SSSR count). The first-order chi connectivity index (χ1) is 46.0. The predicted octanol–water partition coefficient (Wildman–Crippen LogP) is 24.2. The molecular formula is C81H69O13P. The van der Waals surface area contributed by atoms with Gasteiger partial charge < -0.3 is 56.2 Å². The number of ether oxygens (including phenoxy) is 9. The van der Waals surface area contributed by atoms with E-state index in [1.165, 1.54) is 18.2 Å². The molecule has 476 valence electrons. The summed E-state index contributed by atoms with van der Waals surface area (Å²) in [5.74, 6) is 3.86. The Balaban J connectivity index is 1.10. The summed E-state index contributed by atoms with van der Waals surface area (Å²) in [6.07, 6.45) is 0.